The molecule has 0 amide bonds. The predicted molar refractivity (Wildman–Crippen MR) is 104 cm³/mol. The minimum absolute atomic E-state index is 0.112. The zero-order valence-corrected chi connectivity index (χ0v) is 16.4. The second kappa shape index (κ2) is 7.63. The van der Waals surface area contributed by atoms with Crippen molar-refractivity contribution in [1.82, 2.24) is 29.4 Å². The van der Waals surface area contributed by atoms with Gasteiger partial charge in [0.2, 0.25) is 0 Å². The summed E-state index contributed by atoms with van der Waals surface area (Å²) in [6, 6.07) is 2.39. The third-order valence-electron chi connectivity index (χ3n) is 5.03. The van der Waals surface area contributed by atoms with Gasteiger partial charge in [-0.2, -0.15) is 13.2 Å². The molecule has 1 saturated heterocycles. The molecule has 4 heterocycles. The van der Waals surface area contributed by atoms with Crippen LogP contribution in [0.2, 0.25) is 0 Å². The Bertz CT molecular complexity index is 1080. The van der Waals surface area contributed by atoms with Crippen molar-refractivity contribution in [2.24, 2.45) is 7.05 Å². The molecule has 1 aliphatic heterocycles. The zero-order valence-electron chi connectivity index (χ0n) is 16.4. The van der Waals surface area contributed by atoms with Crippen molar-refractivity contribution >= 4 is 22.8 Å². The van der Waals surface area contributed by atoms with E-state index in [1.54, 1.807) is 18.5 Å². The first-order valence-electron chi connectivity index (χ1n) is 9.41. The smallest absolute Gasteiger partial charge is 0.364 e. The number of nitrogens with zero attached hydrogens (tertiary/aromatic N) is 6. The lowest BCUT2D eigenvalue weighted by Gasteiger charge is -2.15. The van der Waals surface area contributed by atoms with E-state index in [9.17, 15) is 18.0 Å². The molecule has 30 heavy (non-hydrogen) atoms. The largest absolute Gasteiger partial charge is 0.433 e. The lowest BCUT2D eigenvalue weighted by Crippen LogP contribution is -2.30. The molecule has 0 radical (unpaired) electrons. The Balaban J connectivity index is 1.61. The summed E-state index contributed by atoms with van der Waals surface area (Å²) in [5.74, 6) is 1.12. The number of hydrogen-bond acceptors (Lipinski definition) is 7. The van der Waals surface area contributed by atoms with Crippen molar-refractivity contribution in [2.45, 2.75) is 25.6 Å². The maximum absolute atomic E-state index is 12.8. The molecule has 1 aliphatic rings. The molecule has 0 aliphatic carbocycles. The van der Waals surface area contributed by atoms with Gasteiger partial charge in [-0.3, -0.25) is 14.7 Å². The molecular formula is C19H20F3N7O. The highest BCUT2D eigenvalue weighted by molar-refractivity contribution is 5.86. The minimum Gasteiger partial charge on any atom is -0.364 e. The highest BCUT2D eigenvalue weighted by Crippen LogP contribution is 2.30. The molecule has 1 fully saturated rings. The van der Waals surface area contributed by atoms with Gasteiger partial charge in [0.15, 0.2) is 17.0 Å². The second-order valence-electron chi connectivity index (χ2n) is 7.39. The van der Waals surface area contributed by atoms with Crippen molar-refractivity contribution < 1.29 is 18.0 Å². The molecule has 4 rings (SSSR count). The summed E-state index contributed by atoms with van der Waals surface area (Å²) in [4.78, 5) is 30.1. The summed E-state index contributed by atoms with van der Waals surface area (Å²) in [7, 11) is 1.74. The first-order chi connectivity index (χ1) is 14.2. The van der Waals surface area contributed by atoms with E-state index in [4.69, 9.17) is 0 Å². The summed E-state index contributed by atoms with van der Waals surface area (Å²) < 4.78 is 40.0. The summed E-state index contributed by atoms with van der Waals surface area (Å²) in [5.41, 5.74) is 0.576. The van der Waals surface area contributed by atoms with Crippen LogP contribution in [-0.2, 0) is 18.0 Å². The first kappa shape index (κ1) is 20.2. The van der Waals surface area contributed by atoms with Gasteiger partial charge in [0.25, 0.3) is 0 Å². The van der Waals surface area contributed by atoms with E-state index < -0.39 is 11.9 Å². The molecule has 0 aromatic carbocycles. The Hall–Kier alpha value is -3.08. The number of imidazole rings is 1. The summed E-state index contributed by atoms with van der Waals surface area (Å²) in [6.07, 6.45) is -1.06. The van der Waals surface area contributed by atoms with Crippen molar-refractivity contribution in [3.63, 3.8) is 0 Å². The molecule has 158 valence electrons. The van der Waals surface area contributed by atoms with Gasteiger partial charge in [-0.25, -0.2) is 15.0 Å². The molecule has 0 bridgehead atoms. The Morgan fingerprint density at radius 3 is 2.73 bits per heavy atom. The van der Waals surface area contributed by atoms with E-state index in [0.29, 0.717) is 41.5 Å². The number of fused-ring (bicyclic) bond motifs is 1. The fraction of sp³-hybridized carbons (Fsp3) is 0.421. The zero-order chi connectivity index (χ0) is 21.5. The minimum atomic E-state index is -4.50. The van der Waals surface area contributed by atoms with Crippen LogP contribution in [0.15, 0.2) is 24.7 Å². The quantitative estimate of drug-likeness (QED) is 0.680. The second-order valence-corrected chi connectivity index (χ2v) is 7.39. The van der Waals surface area contributed by atoms with Crippen LogP contribution in [0.4, 0.5) is 19.0 Å². The van der Waals surface area contributed by atoms with Crippen LogP contribution in [0.5, 0.6) is 0 Å². The van der Waals surface area contributed by atoms with Crippen LogP contribution >= 0.6 is 0 Å². The number of carbonyl (C=O) groups is 1. The normalized spacial score (nSPS) is 17.6. The molecule has 1 N–H and O–H groups in total. The highest BCUT2D eigenvalue weighted by Gasteiger charge is 2.32. The Morgan fingerprint density at radius 2 is 2.07 bits per heavy atom. The number of likely N-dealkylation sites (tertiary alicyclic amines) is 1. The van der Waals surface area contributed by atoms with Crippen LogP contribution < -0.4 is 5.32 Å². The highest BCUT2D eigenvalue weighted by atomic mass is 19.4. The number of carbonyl (C=O) groups excluding carboxylic acids is 1. The van der Waals surface area contributed by atoms with Gasteiger partial charge in [0.1, 0.15) is 23.6 Å². The molecule has 1 atom stereocenters. The Morgan fingerprint density at radius 1 is 1.27 bits per heavy atom. The summed E-state index contributed by atoms with van der Waals surface area (Å²) in [5, 5.41) is 3.36. The number of ketones is 1. The third-order valence-corrected chi connectivity index (χ3v) is 5.03. The lowest BCUT2D eigenvalue weighted by atomic mass is 10.2. The predicted octanol–water partition coefficient (Wildman–Crippen LogP) is 2.52. The Kier molecular flexibility index (Phi) is 5.14. The SMILES string of the molecule is CC(=O)CN1CCC(Nc2ncnc3c2nc(-c2ccc(C(F)(F)F)nc2)n3C)C1. The van der Waals surface area contributed by atoms with Gasteiger partial charge < -0.3 is 9.88 Å². The molecule has 11 heteroatoms. The van der Waals surface area contributed by atoms with Gasteiger partial charge >= 0.3 is 6.18 Å². The molecule has 8 nitrogen and oxygen atoms in total. The van der Waals surface area contributed by atoms with E-state index in [1.807, 2.05) is 0 Å². The molecule has 1 unspecified atom stereocenters. The third kappa shape index (κ3) is 3.97. The number of aryl methyl sites for hydroxylation is 1. The number of halogens is 3. The fourth-order valence-corrected chi connectivity index (χ4v) is 3.66. The average molecular weight is 419 g/mol. The number of rotatable bonds is 5. The molecule has 0 spiro atoms. The van der Waals surface area contributed by atoms with Gasteiger partial charge in [-0.1, -0.05) is 0 Å². The van der Waals surface area contributed by atoms with Crippen molar-refractivity contribution in [3.8, 4) is 11.4 Å². The van der Waals surface area contributed by atoms with E-state index in [0.717, 1.165) is 25.2 Å². The van der Waals surface area contributed by atoms with Crippen molar-refractivity contribution in [3.05, 3.63) is 30.4 Å². The van der Waals surface area contributed by atoms with Gasteiger partial charge in [0.05, 0.1) is 6.54 Å². The van der Waals surface area contributed by atoms with Crippen LogP contribution in [0.3, 0.4) is 0 Å². The number of Topliss-reactive ketones (excluding diaryl/α,β-unsaturated/α-hetero) is 1. The van der Waals surface area contributed by atoms with E-state index in [1.165, 1.54) is 12.4 Å². The summed E-state index contributed by atoms with van der Waals surface area (Å²) in [6.45, 7) is 3.52. The number of aromatic nitrogens is 5. The summed E-state index contributed by atoms with van der Waals surface area (Å²) >= 11 is 0. The fourth-order valence-electron chi connectivity index (χ4n) is 3.66. The number of nitrogens with one attached hydrogen (secondary N) is 1. The van der Waals surface area contributed by atoms with Crippen LogP contribution in [0.25, 0.3) is 22.6 Å². The maximum atomic E-state index is 12.8. The van der Waals surface area contributed by atoms with Gasteiger partial charge in [-0.05, 0) is 25.5 Å². The standard InChI is InChI=1S/C19H20F3N7O/c1-11(30)8-29-6-5-13(9-29)26-16-15-18(25-10-24-16)28(2)17(27-15)12-3-4-14(23-7-12)19(20,21)22/h3-4,7,10,13H,5-6,8-9H2,1-2H3,(H,24,25,26). The van der Waals surface area contributed by atoms with Gasteiger partial charge in [0, 0.05) is 37.9 Å². The monoisotopic (exact) mass is 419 g/mol. The lowest BCUT2D eigenvalue weighted by molar-refractivity contribution is -0.141. The first-order valence-corrected chi connectivity index (χ1v) is 9.41. The molecule has 0 saturated carbocycles. The van der Waals surface area contributed by atoms with Crippen LogP contribution in [0.1, 0.15) is 19.0 Å². The van der Waals surface area contributed by atoms with E-state index in [2.05, 4.69) is 30.2 Å². The number of hydrogen-bond donors (Lipinski definition) is 1. The molecule has 3 aromatic heterocycles. The Labute approximate surface area is 170 Å². The number of alkyl halides is 3. The molecular weight excluding hydrogens is 399 g/mol. The molecule has 3 aromatic rings. The maximum Gasteiger partial charge on any atom is 0.433 e. The van der Waals surface area contributed by atoms with Crippen molar-refractivity contribution in [2.75, 3.05) is 25.0 Å². The van der Waals surface area contributed by atoms with Gasteiger partial charge in [-0.15, -0.1) is 0 Å². The number of anilines is 1. The number of pyridine rings is 1. The van der Waals surface area contributed by atoms with Crippen molar-refractivity contribution in [1.29, 1.82) is 0 Å². The van der Waals surface area contributed by atoms with Crippen LogP contribution in [0, 0.1) is 0 Å². The topological polar surface area (TPSA) is 88.8 Å². The van der Waals surface area contributed by atoms with E-state index in [-0.39, 0.29) is 11.8 Å². The van der Waals surface area contributed by atoms with Crippen LogP contribution in [-0.4, -0.2) is 60.9 Å². The average Bonchev–Trinajstić information content (AvgIpc) is 3.26. The van der Waals surface area contributed by atoms with E-state index >= 15 is 0 Å².